The van der Waals surface area contributed by atoms with Crippen LogP contribution in [0.5, 0.6) is 0 Å². The smallest absolute Gasteiger partial charge is 0.175 e. The van der Waals surface area contributed by atoms with Crippen LogP contribution >= 0.6 is 11.6 Å². The molecule has 0 amide bonds. The maximum absolute atomic E-state index is 8.35. The number of hydrogen-bond acceptors (Lipinski definition) is 2. The molecule has 0 aromatic heterocycles. The van der Waals surface area contributed by atoms with Gasteiger partial charge in [-0.05, 0) is 0 Å². The van der Waals surface area contributed by atoms with Gasteiger partial charge in [0, 0.05) is 5.56 Å². The number of nitrogens with zero attached hydrogens (tertiary/aromatic N) is 1. The maximum atomic E-state index is 8.35. The van der Waals surface area contributed by atoms with Crippen molar-refractivity contribution in [1.29, 1.82) is 0 Å². The van der Waals surface area contributed by atoms with E-state index >= 15 is 0 Å². The lowest BCUT2D eigenvalue weighted by Gasteiger charge is -1.98. The molecule has 0 bridgehead atoms. The van der Waals surface area contributed by atoms with Gasteiger partial charge in [0.25, 0.3) is 0 Å². The zero-order chi connectivity index (χ0) is 8.97. The molecule has 0 aliphatic carbocycles. The Bertz CT molecular complexity index is 284. The fourth-order valence-corrected chi connectivity index (χ4v) is 0.962. The minimum atomic E-state index is 0.0820. The van der Waals surface area contributed by atoms with Gasteiger partial charge in [-0.15, -0.1) is 0 Å². The van der Waals surface area contributed by atoms with Gasteiger partial charge in [-0.25, -0.2) is 0 Å². The highest BCUT2D eigenvalue weighted by atomic mass is 35.5. The van der Waals surface area contributed by atoms with Crippen molar-refractivity contribution >= 4 is 24.6 Å². The SMILES string of the molecule is [B]Cc1ccc(/C(Cl)=N\O)cc1. The second-order valence-corrected chi connectivity index (χ2v) is 2.65. The monoisotopic (exact) mass is 179 g/mol. The Morgan fingerprint density at radius 3 is 2.42 bits per heavy atom. The molecule has 2 nitrogen and oxygen atoms in total. The van der Waals surface area contributed by atoms with Crippen LogP contribution < -0.4 is 0 Å². The zero-order valence-corrected chi connectivity index (χ0v) is 7.12. The van der Waals surface area contributed by atoms with Gasteiger partial charge in [0.2, 0.25) is 0 Å². The Balaban J connectivity index is 2.92. The molecule has 1 N–H and O–H groups in total. The van der Waals surface area contributed by atoms with Crippen molar-refractivity contribution in [2.75, 3.05) is 0 Å². The van der Waals surface area contributed by atoms with Crippen LogP contribution in [-0.4, -0.2) is 18.2 Å². The summed E-state index contributed by atoms with van der Waals surface area (Å²) in [5, 5.41) is 11.3. The molecule has 0 spiro atoms. The van der Waals surface area contributed by atoms with Crippen LogP contribution in [0.4, 0.5) is 0 Å². The number of oxime groups is 1. The molecule has 0 heterocycles. The Labute approximate surface area is 77.3 Å². The Morgan fingerprint density at radius 2 is 2.00 bits per heavy atom. The molecule has 0 aliphatic rings. The fraction of sp³-hybridized carbons (Fsp3) is 0.125. The van der Waals surface area contributed by atoms with Crippen LogP contribution in [0.2, 0.25) is 0 Å². The molecule has 0 fully saturated rings. The average Bonchev–Trinajstić information content (AvgIpc) is 2.17. The highest BCUT2D eigenvalue weighted by Crippen LogP contribution is 2.07. The lowest BCUT2D eigenvalue weighted by molar-refractivity contribution is 0.321. The van der Waals surface area contributed by atoms with Crippen molar-refractivity contribution in [3.63, 3.8) is 0 Å². The molecule has 2 radical (unpaired) electrons. The molecule has 0 atom stereocenters. The van der Waals surface area contributed by atoms with Gasteiger partial charge in [-0.3, -0.25) is 0 Å². The Kier molecular flexibility index (Phi) is 3.17. The van der Waals surface area contributed by atoms with Gasteiger partial charge in [0.1, 0.15) is 0 Å². The lowest BCUT2D eigenvalue weighted by atomic mass is 9.96. The van der Waals surface area contributed by atoms with Gasteiger partial charge in [-0.1, -0.05) is 52.9 Å². The molecule has 0 saturated carbocycles. The quantitative estimate of drug-likeness (QED) is 0.319. The largest absolute Gasteiger partial charge is 0.410 e. The third-order valence-corrected chi connectivity index (χ3v) is 1.81. The second kappa shape index (κ2) is 4.17. The molecule has 4 heteroatoms. The van der Waals surface area contributed by atoms with Crippen molar-refractivity contribution < 1.29 is 5.21 Å². The normalized spacial score (nSPS) is 11.6. The van der Waals surface area contributed by atoms with E-state index in [1.807, 2.05) is 12.1 Å². The summed E-state index contributed by atoms with van der Waals surface area (Å²) in [5.41, 5.74) is 1.69. The molecular weight excluding hydrogens is 172 g/mol. The summed E-state index contributed by atoms with van der Waals surface area (Å²) >= 11 is 5.55. The highest BCUT2D eigenvalue weighted by molar-refractivity contribution is 6.69. The molecule has 1 aromatic carbocycles. The minimum Gasteiger partial charge on any atom is -0.410 e. The van der Waals surface area contributed by atoms with E-state index in [4.69, 9.17) is 24.7 Å². The molecule has 1 rings (SSSR count). The summed E-state index contributed by atoms with van der Waals surface area (Å²) in [4.78, 5) is 0. The second-order valence-electron chi connectivity index (χ2n) is 2.29. The van der Waals surface area contributed by atoms with Gasteiger partial charge in [0.05, 0.1) is 7.85 Å². The summed E-state index contributed by atoms with van der Waals surface area (Å²) in [5.74, 6) is 0. The number of hydrogen-bond donors (Lipinski definition) is 1. The standard InChI is InChI=1S/C8H7BClNO/c9-5-6-1-3-7(4-2-6)8(10)11-12/h1-4,12H,5H2/b11-8+. The van der Waals surface area contributed by atoms with Crippen LogP contribution in [-0.2, 0) is 6.32 Å². The molecule has 0 saturated heterocycles. The van der Waals surface area contributed by atoms with E-state index in [2.05, 4.69) is 5.16 Å². The van der Waals surface area contributed by atoms with Gasteiger partial charge in [0.15, 0.2) is 5.17 Å². The zero-order valence-electron chi connectivity index (χ0n) is 6.37. The summed E-state index contributed by atoms with van der Waals surface area (Å²) in [6, 6.07) is 7.18. The van der Waals surface area contributed by atoms with E-state index in [0.29, 0.717) is 11.9 Å². The van der Waals surface area contributed by atoms with Crippen LogP contribution in [0, 0.1) is 0 Å². The molecule has 12 heavy (non-hydrogen) atoms. The van der Waals surface area contributed by atoms with Crippen molar-refractivity contribution in [2.24, 2.45) is 5.16 Å². The van der Waals surface area contributed by atoms with Crippen molar-refractivity contribution in [1.82, 2.24) is 0 Å². The Hall–Kier alpha value is -0.955. The molecule has 60 valence electrons. The molecular formula is C8H7BClNO. The van der Waals surface area contributed by atoms with Crippen LogP contribution in [0.25, 0.3) is 0 Å². The van der Waals surface area contributed by atoms with Crippen LogP contribution in [0.3, 0.4) is 0 Å². The summed E-state index contributed by atoms with van der Waals surface area (Å²) in [7, 11) is 5.40. The average molecular weight is 179 g/mol. The van der Waals surface area contributed by atoms with Crippen molar-refractivity contribution in [2.45, 2.75) is 6.32 Å². The first-order chi connectivity index (χ1) is 5.77. The highest BCUT2D eigenvalue weighted by Gasteiger charge is 1.98. The molecule has 0 aliphatic heterocycles. The maximum Gasteiger partial charge on any atom is 0.175 e. The number of benzene rings is 1. The fourth-order valence-electron chi connectivity index (χ4n) is 0.836. The van der Waals surface area contributed by atoms with E-state index in [0.717, 1.165) is 5.56 Å². The first-order valence-corrected chi connectivity index (χ1v) is 3.82. The summed E-state index contributed by atoms with van der Waals surface area (Å²) < 4.78 is 0. The van der Waals surface area contributed by atoms with E-state index in [9.17, 15) is 0 Å². The van der Waals surface area contributed by atoms with Crippen molar-refractivity contribution in [3.05, 3.63) is 35.4 Å². The van der Waals surface area contributed by atoms with Crippen molar-refractivity contribution in [3.8, 4) is 0 Å². The third-order valence-electron chi connectivity index (χ3n) is 1.52. The van der Waals surface area contributed by atoms with Gasteiger partial charge in [-0.2, -0.15) is 0 Å². The third kappa shape index (κ3) is 2.01. The lowest BCUT2D eigenvalue weighted by Crippen LogP contribution is -1.91. The molecule has 0 unspecified atom stereocenters. The van der Waals surface area contributed by atoms with Crippen LogP contribution in [0.15, 0.2) is 29.4 Å². The van der Waals surface area contributed by atoms with E-state index < -0.39 is 0 Å². The first-order valence-electron chi connectivity index (χ1n) is 3.45. The topological polar surface area (TPSA) is 32.6 Å². The van der Waals surface area contributed by atoms with E-state index in [-0.39, 0.29) is 5.17 Å². The predicted octanol–water partition coefficient (Wildman–Crippen LogP) is 1.73. The van der Waals surface area contributed by atoms with Gasteiger partial charge >= 0.3 is 0 Å². The van der Waals surface area contributed by atoms with E-state index in [1.54, 1.807) is 12.1 Å². The first kappa shape index (κ1) is 9.14. The Morgan fingerprint density at radius 1 is 1.42 bits per heavy atom. The minimum absolute atomic E-state index is 0.0820. The van der Waals surface area contributed by atoms with E-state index in [1.165, 1.54) is 0 Å². The van der Waals surface area contributed by atoms with Crippen LogP contribution in [0.1, 0.15) is 11.1 Å². The predicted molar refractivity (Wildman–Crippen MR) is 50.1 cm³/mol. The summed E-state index contributed by atoms with van der Waals surface area (Å²) in [6.07, 6.45) is 0.494. The summed E-state index contributed by atoms with van der Waals surface area (Å²) in [6.45, 7) is 0. The number of rotatable bonds is 2. The van der Waals surface area contributed by atoms with Gasteiger partial charge < -0.3 is 5.21 Å². The molecule has 1 aromatic rings. The number of halogens is 1.